The van der Waals surface area contributed by atoms with E-state index < -0.39 is 0 Å². The van der Waals surface area contributed by atoms with Crippen molar-refractivity contribution in [2.24, 2.45) is 0 Å². The van der Waals surface area contributed by atoms with Crippen molar-refractivity contribution in [3.05, 3.63) is 171 Å². The maximum Gasteiger partial charge on any atom is 0.0899 e. The summed E-state index contributed by atoms with van der Waals surface area (Å²) >= 11 is 7.51. The molecule has 0 aliphatic heterocycles. The maximum absolute atomic E-state index is 2.58. The number of hydrogen-bond acceptors (Lipinski definition) is 4. The molecule has 9 rings (SSSR count). The van der Waals surface area contributed by atoms with Crippen molar-refractivity contribution in [2.75, 3.05) is 0 Å². The van der Waals surface area contributed by atoms with Crippen molar-refractivity contribution >= 4 is 45.3 Å². The largest absolute Gasteiger partial charge is 0.147 e. The highest BCUT2D eigenvalue weighted by molar-refractivity contribution is 7.12. The molecule has 42 heavy (non-hydrogen) atoms. The molecule has 0 bridgehead atoms. The van der Waals surface area contributed by atoms with Crippen molar-refractivity contribution in [3.63, 3.8) is 0 Å². The van der Waals surface area contributed by atoms with Crippen LogP contribution in [0.15, 0.2) is 119 Å². The summed E-state index contributed by atoms with van der Waals surface area (Å²) in [5.74, 6) is 0. The van der Waals surface area contributed by atoms with Crippen LogP contribution in [0, 0.1) is 13.8 Å². The standard InChI is InChI=1S/C38H26S4/c1-23-11-13-25-27-21-32-28(22-31(27)37(29(25)19-23,33-7-3-15-39-33)34-8-4-16-40-34)26-14-12-24(2)20-30(26)38(32,35-9-5-17-41-35)36-10-6-18-42-36/h3-22H,1-2H3. The Hall–Kier alpha value is -3.54. The molecular weight excluding hydrogens is 585 g/mol. The molecule has 0 saturated carbocycles. The molecule has 4 heterocycles. The Morgan fingerprint density at radius 3 is 1.02 bits per heavy atom. The predicted octanol–water partition coefficient (Wildman–Crippen LogP) is 11.3. The lowest BCUT2D eigenvalue weighted by atomic mass is 9.73. The van der Waals surface area contributed by atoms with Crippen LogP contribution in [-0.2, 0) is 10.8 Å². The molecule has 3 aromatic carbocycles. The molecule has 0 spiro atoms. The monoisotopic (exact) mass is 610 g/mol. The molecule has 4 aromatic heterocycles. The highest BCUT2D eigenvalue weighted by Gasteiger charge is 2.52. The minimum absolute atomic E-state index is 0.323. The number of benzene rings is 3. The molecule has 0 saturated heterocycles. The van der Waals surface area contributed by atoms with Crippen LogP contribution in [0.2, 0.25) is 0 Å². The molecule has 2 aliphatic rings. The minimum atomic E-state index is -0.323. The predicted molar refractivity (Wildman–Crippen MR) is 182 cm³/mol. The van der Waals surface area contributed by atoms with Crippen molar-refractivity contribution in [1.29, 1.82) is 0 Å². The van der Waals surface area contributed by atoms with Crippen LogP contribution < -0.4 is 0 Å². The van der Waals surface area contributed by atoms with E-state index in [2.05, 4.69) is 132 Å². The van der Waals surface area contributed by atoms with Crippen molar-refractivity contribution in [2.45, 2.75) is 24.7 Å². The molecule has 0 fully saturated rings. The van der Waals surface area contributed by atoms with Gasteiger partial charge >= 0.3 is 0 Å². The summed E-state index contributed by atoms with van der Waals surface area (Å²) in [4.78, 5) is 5.56. The van der Waals surface area contributed by atoms with Crippen LogP contribution in [0.25, 0.3) is 22.3 Å². The van der Waals surface area contributed by atoms with Gasteiger partial charge in [-0.3, -0.25) is 0 Å². The Kier molecular flexibility index (Phi) is 5.35. The first-order chi connectivity index (χ1) is 20.6. The van der Waals surface area contributed by atoms with Gasteiger partial charge in [0.2, 0.25) is 0 Å². The Morgan fingerprint density at radius 1 is 0.381 bits per heavy atom. The zero-order chi connectivity index (χ0) is 28.1. The Bertz CT molecular complexity index is 1870. The second kappa shape index (κ2) is 8.98. The van der Waals surface area contributed by atoms with E-state index in [0.29, 0.717) is 0 Å². The van der Waals surface area contributed by atoms with Crippen molar-refractivity contribution in [3.8, 4) is 22.3 Å². The van der Waals surface area contributed by atoms with Gasteiger partial charge in [0.25, 0.3) is 0 Å². The Morgan fingerprint density at radius 2 is 0.714 bits per heavy atom. The molecule has 0 atom stereocenters. The molecule has 0 N–H and O–H groups in total. The lowest BCUT2D eigenvalue weighted by Gasteiger charge is -2.32. The van der Waals surface area contributed by atoms with Gasteiger partial charge in [-0.25, -0.2) is 0 Å². The number of rotatable bonds is 4. The zero-order valence-corrected chi connectivity index (χ0v) is 26.4. The second-order valence-corrected chi connectivity index (χ2v) is 15.2. The van der Waals surface area contributed by atoms with Gasteiger partial charge in [-0.2, -0.15) is 0 Å². The number of fused-ring (bicyclic) bond motifs is 6. The average Bonchev–Trinajstić information content (AvgIpc) is 3.84. The number of hydrogen-bond donors (Lipinski definition) is 0. The van der Waals surface area contributed by atoms with Crippen molar-refractivity contribution < 1.29 is 0 Å². The molecule has 0 nitrogen and oxygen atoms in total. The zero-order valence-electron chi connectivity index (χ0n) is 23.2. The topological polar surface area (TPSA) is 0 Å². The fraction of sp³-hybridized carbons (Fsp3) is 0.105. The van der Waals surface area contributed by atoms with Gasteiger partial charge in [-0.15, -0.1) is 45.3 Å². The van der Waals surface area contributed by atoms with Gasteiger partial charge < -0.3 is 0 Å². The second-order valence-electron chi connectivity index (χ2n) is 11.5. The van der Waals surface area contributed by atoms with Gasteiger partial charge in [0.05, 0.1) is 10.8 Å². The minimum Gasteiger partial charge on any atom is -0.147 e. The summed E-state index contributed by atoms with van der Waals surface area (Å²) in [6, 6.07) is 37.6. The first kappa shape index (κ1) is 25.0. The van der Waals surface area contributed by atoms with E-state index in [1.54, 1.807) is 0 Å². The fourth-order valence-electron chi connectivity index (χ4n) is 7.63. The van der Waals surface area contributed by atoms with Gasteiger partial charge in [0.1, 0.15) is 0 Å². The maximum atomic E-state index is 2.58. The first-order valence-electron chi connectivity index (χ1n) is 14.2. The molecule has 2 aliphatic carbocycles. The molecule has 7 aromatic rings. The van der Waals surface area contributed by atoms with Crippen LogP contribution in [0.1, 0.15) is 52.9 Å². The summed E-state index contributed by atoms with van der Waals surface area (Å²) in [5, 5.41) is 8.95. The lowest BCUT2D eigenvalue weighted by molar-refractivity contribution is 0.796. The van der Waals surface area contributed by atoms with Crippen LogP contribution in [0.5, 0.6) is 0 Å². The van der Waals surface area contributed by atoms with Crippen molar-refractivity contribution in [1.82, 2.24) is 0 Å². The van der Waals surface area contributed by atoms with E-state index in [1.807, 2.05) is 45.3 Å². The molecule has 202 valence electrons. The molecule has 0 radical (unpaired) electrons. The number of aryl methyl sites for hydroxylation is 2. The number of thiophene rings is 4. The lowest BCUT2D eigenvalue weighted by Crippen LogP contribution is -2.27. The summed E-state index contributed by atoms with van der Waals surface area (Å²) < 4.78 is 0. The highest BCUT2D eigenvalue weighted by Crippen LogP contribution is 2.64. The van der Waals surface area contributed by atoms with E-state index in [9.17, 15) is 0 Å². The van der Waals surface area contributed by atoms with Crippen LogP contribution in [0.3, 0.4) is 0 Å². The van der Waals surface area contributed by atoms with E-state index in [4.69, 9.17) is 0 Å². The molecule has 0 amide bonds. The van der Waals surface area contributed by atoms with E-state index in [1.165, 1.54) is 75.1 Å². The first-order valence-corrected chi connectivity index (χ1v) is 17.7. The molecular formula is C38H26S4. The fourth-order valence-corrected chi connectivity index (χ4v) is 11.6. The summed E-state index contributed by atoms with van der Waals surface area (Å²) in [6.07, 6.45) is 0. The summed E-state index contributed by atoms with van der Waals surface area (Å²) in [5.41, 5.74) is 13.1. The van der Waals surface area contributed by atoms with Crippen LogP contribution >= 0.6 is 45.3 Å². The Balaban J connectivity index is 1.47. The third-order valence-electron chi connectivity index (χ3n) is 9.27. The van der Waals surface area contributed by atoms with E-state index in [0.717, 1.165) is 0 Å². The normalized spacial score (nSPS) is 15.3. The van der Waals surface area contributed by atoms with E-state index >= 15 is 0 Å². The third-order valence-corrected chi connectivity index (χ3v) is 13.2. The van der Waals surface area contributed by atoms with Gasteiger partial charge in [0.15, 0.2) is 0 Å². The van der Waals surface area contributed by atoms with Crippen LogP contribution in [0.4, 0.5) is 0 Å². The smallest absolute Gasteiger partial charge is 0.0899 e. The van der Waals surface area contributed by atoms with E-state index in [-0.39, 0.29) is 10.8 Å². The van der Waals surface area contributed by atoms with Gasteiger partial charge in [-0.05, 0) is 116 Å². The highest BCUT2D eigenvalue weighted by atomic mass is 32.1. The van der Waals surface area contributed by atoms with Gasteiger partial charge in [0, 0.05) is 19.5 Å². The van der Waals surface area contributed by atoms with Crippen LogP contribution in [-0.4, -0.2) is 0 Å². The molecule has 0 unspecified atom stereocenters. The SMILES string of the molecule is Cc1ccc2c(c1)C(c1cccs1)(c1cccs1)c1cc3c(cc1-2)C(c1cccs1)(c1cccs1)c1cc(C)ccc1-3. The quantitative estimate of drug-likeness (QED) is 0.186. The van der Waals surface area contributed by atoms with Gasteiger partial charge in [-0.1, -0.05) is 71.8 Å². The summed E-state index contributed by atoms with van der Waals surface area (Å²) in [6.45, 7) is 4.46. The average molecular weight is 611 g/mol. The summed E-state index contributed by atoms with van der Waals surface area (Å²) in [7, 11) is 0. The molecule has 4 heteroatoms. The Labute approximate surface area is 262 Å². The third kappa shape index (κ3) is 3.06.